The normalized spacial score (nSPS) is 13.6. The maximum absolute atomic E-state index is 12.8. The predicted octanol–water partition coefficient (Wildman–Crippen LogP) is 5.18. The number of hydrazone groups is 1. The Hall–Kier alpha value is -3.98. The van der Waals surface area contributed by atoms with E-state index in [0.29, 0.717) is 23.5 Å². The maximum Gasteiger partial charge on any atom is 0.329 e. The Labute approximate surface area is 230 Å². The van der Waals surface area contributed by atoms with Crippen LogP contribution in [0.1, 0.15) is 53.6 Å². The van der Waals surface area contributed by atoms with Crippen molar-refractivity contribution in [2.45, 2.75) is 44.8 Å². The van der Waals surface area contributed by atoms with Crippen molar-refractivity contribution in [1.29, 1.82) is 0 Å². The van der Waals surface area contributed by atoms with E-state index in [1.54, 1.807) is 36.4 Å². The smallest absolute Gasteiger partial charge is 0.329 e. The van der Waals surface area contributed by atoms with Crippen molar-refractivity contribution in [3.8, 4) is 5.75 Å². The number of hydrogen-bond donors (Lipinski definition) is 3. The van der Waals surface area contributed by atoms with Crippen molar-refractivity contribution < 1.29 is 19.1 Å². The second-order valence-corrected chi connectivity index (χ2v) is 9.88. The number of amides is 3. The second kappa shape index (κ2) is 13.5. The van der Waals surface area contributed by atoms with Crippen LogP contribution >= 0.6 is 15.9 Å². The van der Waals surface area contributed by atoms with E-state index in [9.17, 15) is 14.4 Å². The first-order valence-electron chi connectivity index (χ1n) is 12.5. The van der Waals surface area contributed by atoms with E-state index in [-0.39, 0.29) is 17.6 Å². The summed E-state index contributed by atoms with van der Waals surface area (Å²) < 4.78 is 6.71. The Morgan fingerprint density at radius 1 is 0.921 bits per heavy atom. The molecular formula is C29H29BrN4O4. The van der Waals surface area contributed by atoms with Gasteiger partial charge in [0, 0.05) is 16.1 Å². The molecule has 0 heterocycles. The summed E-state index contributed by atoms with van der Waals surface area (Å²) in [7, 11) is 0. The molecule has 0 unspecified atom stereocenters. The minimum atomic E-state index is -0.967. The summed E-state index contributed by atoms with van der Waals surface area (Å²) in [4.78, 5) is 37.8. The van der Waals surface area contributed by atoms with Crippen LogP contribution in [0.5, 0.6) is 5.75 Å². The number of nitrogens with zero attached hydrogens (tertiary/aromatic N) is 1. The summed E-state index contributed by atoms with van der Waals surface area (Å²) in [6.07, 6.45) is 6.65. The third-order valence-corrected chi connectivity index (χ3v) is 6.64. The molecule has 3 N–H and O–H groups in total. The number of carbonyl (C=O) groups excluding carboxylic acids is 3. The van der Waals surface area contributed by atoms with Gasteiger partial charge in [-0.15, -0.1) is 0 Å². The zero-order valence-electron chi connectivity index (χ0n) is 20.8. The van der Waals surface area contributed by atoms with Gasteiger partial charge in [0.2, 0.25) is 0 Å². The molecule has 0 radical (unpaired) electrons. The van der Waals surface area contributed by atoms with Crippen molar-refractivity contribution in [2.24, 2.45) is 5.10 Å². The Morgan fingerprint density at radius 2 is 1.66 bits per heavy atom. The summed E-state index contributed by atoms with van der Waals surface area (Å²) in [5, 5.41) is 9.48. The highest BCUT2D eigenvalue weighted by molar-refractivity contribution is 9.10. The molecule has 0 aliphatic heterocycles. The van der Waals surface area contributed by atoms with Gasteiger partial charge in [0.1, 0.15) is 12.4 Å². The molecule has 38 heavy (non-hydrogen) atoms. The lowest BCUT2D eigenvalue weighted by molar-refractivity contribution is -0.136. The van der Waals surface area contributed by atoms with Crippen LogP contribution in [-0.2, 0) is 16.2 Å². The predicted molar refractivity (Wildman–Crippen MR) is 150 cm³/mol. The van der Waals surface area contributed by atoms with E-state index in [1.165, 1.54) is 12.6 Å². The molecule has 0 saturated heterocycles. The quantitative estimate of drug-likeness (QED) is 0.195. The van der Waals surface area contributed by atoms with Crippen molar-refractivity contribution in [1.82, 2.24) is 10.7 Å². The number of ether oxygens (including phenoxy) is 1. The van der Waals surface area contributed by atoms with Gasteiger partial charge in [0.25, 0.3) is 5.91 Å². The fourth-order valence-corrected chi connectivity index (χ4v) is 4.56. The lowest BCUT2D eigenvalue weighted by Gasteiger charge is -2.23. The van der Waals surface area contributed by atoms with Crippen LogP contribution in [0.15, 0.2) is 82.4 Å². The average molecular weight is 577 g/mol. The molecule has 1 fully saturated rings. The van der Waals surface area contributed by atoms with Crippen molar-refractivity contribution >= 4 is 45.6 Å². The number of anilines is 1. The van der Waals surface area contributed by atoms with E-state index >= 15 is 0 Å². The third-order valence-electron chi connectivity index (χ3n) is 6.15. The van der Waals surface area contributed by atoms with Crippen LogP contribution in [0.2, 0.25) is 0 Å². The van der Waals surface area contributed by atoms with Gasteiger partial charge in [0.15, 0.2) is 0 Å². The summed E-state index contributed by atoms with van der Waals surface area (Å²) >= 11 is 3.42. The molecule has 3 amide bonds. The Morgan fingerprint density at radius 3 is 2.45 bits per heavy atom. The number of benzene rings is 3. The number of para-hydroxylation sites is 1. The molecule has 1 aliphatic carbocycles. The topological polar surface area (TPSA) is 109 Å². The second-order valence-electron chi connectivity index (χ2n) is 8.96. The number of nitrogens with one attached hydrogen (secondary N) is 3. The van der Waals surface area contributed by atoms with Crippen molar-refractivity contribution in [3.05, 3.63) is 94.0 Å². The highest BCUT2D eigenvalue weighted by Crippen LogP contribution is 2.23. The molecule has 0 atom stereocenters. The fraction of sp³-hybridized carbons (Fsp3) is 0.241. The number of rotatable bonds is 8. The van der Waals surface area contributed by atoms with Crippen LogP contribution in [-0.4, -0.2) is 30.0 Å². The fourth-order valence-electron chi connectivity index (χ4n) is 4.18. The highest BCUT2D eigenvalue weighted by Gasteiger charge is 2.21. The molecule has 4 rings (SSSR count). The number of hydrogen-bond acceptors (Lipinski definition) is 5. The van der Waals surface area contributed by atoms with Crippen LogP contribution in [0.25, 0.3) is 0 Å². The summed E-state index contributed by atoms with van der Waals surface area (Å²) in [5.41, 5.74) is 4.42. The van der Waals surface area contributed by atoms with E-state index < -0.39 is 11.8 Å². The molecule has 0 spiro atoms. The molecule has 3 aromatic carbocycles. The van der Waals surface area contributed by atoms with E-state index in [0.717, 1.165) is 35.7 Å². The van der Waals surface area contributed by atoms with E-state index in [4.69, 9.17) is 4.74 Å². The summed E-state index contributed by atoms with van der Waals surface area (Å²) in [6, 6.07) is 21.9. The Kier molecular flexibility index (Phi) is 9.64. The van der Waals surface area contributed by atoms with Crippen LogP contribution in [0.3, 0.4) is 0 Å². The van der Waals surface area contributed by atoms with Crippen molar-refractivity contribution in [2.75, 3.05) is 5.32 Å². The van der Waals surface area contributed by atoms with Gasteiger partial charge in [0.05, 0.1) is 17.5 Å². The van der Waals surface area contributed by atoms with Gasteiger partial charge >= 0.3 is 11.8 Å². The molecule has 0 aromatic heterocycles. The van der Waals surface area contributed by atoms with E-state index in [2.05, 4.69) is 37.1 Å². The molecule has 1 saturated carbocycles. The van der Waals surface area contributed by atoms with Gasteiger partial charge in [-0.1, -0.05) is 77.7 Å². The SMILES string of the molecule is O=C(NN=Cc1cc(Br)ccc1OCc1ccccc1)C(=O)Nc1ccccc1C(=O)NC1CCCCC1. The first kappa shape index (κ1) is 27.1. The lowest BCUT2D eigenvalue weighted by Crippen LogP contribution is -2.37. The Bertz CT molecular complexity index is 1310. The summed E-state index contributed by atoms with van der Waals surface area (Å²) in [6.45, 7) is 0.367. The van der Waals surface area contributed by atoms with Gasteiger partial charge in [-0.05, 0) is 48.7 Å². The molecule has 3 aromatic rings. The van der Waals surface area contributed by atoms with Crippen LogP contribution in [0, 0.1) is 0 Å². The average Bonchev–Trinajstić information content (AvgIpc) is 2.94. The van der Waals surface area contributed by atoms with Gasteiger partial charge in [-0.25, -0.2) is 5.43 Å². The standard InChI is InChI=1S/C29H29BrN4O4/c30-22-15-16-26(38-19-20-9-3-1-4-10-20)21(17-22)18-31-34-29(37)28(36)33-25-14-8-7-13-24(25)27(35)32-23-11-5-2-6-12-23/h1,3-4,7-10,13-18,23H,2,5-6,11-12,19H2,(H,32,35)(H,33,36)(H,34,37). The minimum Gasteiger partial charge on any atom is -0.488 e. The van der Waals surface area contributed by atoms with Gasteiger partial charge in [-0.3, -0.25) is 14.4 Å². The molecule has 8 nitrogen and oxygen atoms in total. The van der Waals surface area contributed by atoms with Gasteiger partial charge in [-0.2, -0.15) is 5.10 Å². The molecule has 0 bridgehead atoms. The van der Waals surface area contributed by atoms with E-state index in [1.807, 2.05) is 36.4 Å². The largest absolute Gasteiger partial charge is 0.488 e. The highest BCUT2D eigenvalue weighted by atomic mass is 79.9. The Balaban J connectivity index is 1.35. The van der Waals surface area contributed by atoms with Gasteiger partial charge < -0.3 is 15.4 Å². The first-order chi connectivity index (χ1) is 18.5. The molecule has 9 heteroatoms. The minimum absolute atomic E-state index is 0.122. The van der Waals surface area contributed by atoms with Crippen LogP contribution < -0.4 is 20.8 Å². The van der Waals surface area contributed by atoms with Crippen LogP contribution in [0.4, 0.5) is 5.69 Å². The zero-order valence-corrected chi connectivity index (χ0v) is 22.4. The lowest BCUT2D eigenvalue weighted by atomic mass is 9.95. The molecule has 1 aliphatic rings. The third kappa shape index (κ3) is 7.76. The molecule has 196 valence electrons. The first-order valence-corrected chi connectivity index (χ1v) is 13.3. The summed E-state index contributed by atoms with van der Waals surface area (Å²) in [5.74, 6) is -1.61. The number of carbonyl (C=O) groups is 3. The maximum atomic E-state index is 12.8. The zero-order chi connectivity index (χ0) is 26.7. The van der Waals surface area contributed by atoms with Crippen molar-refractivity contribution in [3.63, 3.8) is 0 Å². The molecular weight excluding hydrogens is 548 g/mol. The monoisotopic (exact) mass is 576 g/mol. The number of halogens is 1.